The minimum absolute atomic E-state index is 0.0320. The summed E-state index contributed by atoms with van der Waals surface area (Å²) >= 11 is 0. The zero-order valence-corrected chi connectivity index (χ0v) is 42.2. The summed E-state index contributed by atoms with van der Waals surface area (Å²) in [6.07, 6.45) is 68.0. The number of aliphatic hydroxyl groups is 2. The fourth-order valence-corrected chi connectivity index (χ4v) is 7.97. The molecular formula is C58H105NO5. The Morgan fingerprint density at radius 1 is 0.438 bits per heavy atom. The number of unbranched alkanes of at least 4 members (excludes halogenated alkanes) is 31. The molecule has 0 aromatic rings. The molecule has 6 nitrogen and oxygen atoms in total. The van der Waals surface area contributed by atoms with Gasteiger partial charge in [0.15, 0.2) is 0 Å². The quantitative estimate of drug-likeness (QED) is 0.0321. The molecule has 0 saturated carbocycles. The number of carbonyl (C=O) groups is 2. The van der Waals surface area contributed by atoms with Crippen molar-refractivity contribution in [3.8, 4) is 0 Å². The van der Waals surface area contributed by atoms with Crippen molar-refractivity contribution < 1.29 is 24.5 Å². The van der Waals surface area contributed by atoms with E-state index in [0.717, 1.165) is 96.3 Å². The zero-order valence-electron chi connectivity index (χ0n) is 42.2. The average molecular weight is 896 g/mol. The molecule has 0 saturated heterocycles. The van der Waals surface area contributed by atoms with Crippen LogP contribution in [0.5, 0.6) is 0 Å². The lowest BCUT2D eigenvalue weighted by atomic mass is 10.0. The summed E-state index contributed by atoms with van der Waals surface area (Å²) in [6.45, 7) is 4.80. The molecule has 2 atom stereocenters. The number of hydrogen-bond donors (Lipinski definition) is 3. The third-order valence-corrected chi connectivity index (χ3v) is 12.3. The number of esters is 1. The maximum Gasteiger partial charge on any atom is 0.305 e. The van der Waals surface area contributed by atoms with Crippen LogP contribution in [0.25, 0.3) is 0 Å². The lowest BCUT2D eigenvalue weighted by Crippen LogP contribution is -2.45. The Labute approximate surface area is 397 Å². The second kappa shape index (κ2) is 53.2. The van der Waals surface area contributed by atoms with Gasteiger partial charge < -0.3 is 20.3 Å². The van der Waals surface area contributed by atoms with Crippen LogP contribution in [0, 0.1) is 0 Å². The Morgan fingerprint density at radius 3 is 1.23 bits per heavy atom. The van der Waals surface area contributed by atoms with Crippen LogP contribution in [0.15, 0.2) is 60.8 Å². The van der Waals surface area contributed by atoms with Gasteiger partial charge in [-0.1, -0.05) is 222 Å². The van der Waals surface area contributed by atoms with Crippen LogP contribution in [0.1, 0.15) is 271 Å². The fraction of sp³-hybridized carbons (Fsp3) is 0.793. The smallest absolute Gasteiger partial charge is 0.305 e. The van der Waals surface area contributed by atoms with Crippen molar-refractivity contribution in [1.82, 2.24) is 5.32 Å². The maximum absolute atomic E-state index is 12.4. The number of aliphatic hydroxyl groups excluding tert-OH is 2. The predicted molar refractivity (Wildman–Crippen MR) is 278 cm³/mol. The molecule has 0 heterocycles. The molecule has 1 amide bonds. The average Bonchev–Trinajstić information content (AvgIpc) is 3.29. The van der Waals surface area contributed by atoms with Gasteiger partial charge in [0.1, 0.15) is 0 Å². The number of allylic oxidation sites excluding steroid dienone is 9. The van der Waals surface area contributed by atoms with E-state index >= 15 is 0 Å². The van der Waals surface area contributed by atoms with Gasteiger partial charge >= 0.3 is 5.97 Å². The second-order valence-corrected chi connectivity index (χ2v) is 18.5. The van der Waals surface area contributed by atoms with E-state index < -0.39 is 12.1 Å². The van der Waals surface area contributed by atoms with Crippen LogP contribution in [0.2, 0.25) is 0 Å². The molecule has 0 aliphatic heterocycles. The highest BCUT2D eigenvalue weighted by atomic mass is 16.5. The highest BCUT2D eigenvalue weighted by Crippen LogP contribution is 2.15. The number of ether oxygens (including phenoxy) is 1. The first-order chi connectivity index (χ1) is 31.5. The Kier molecular flexibility index (Phi) is 51.2. The van der Waals surface area contributed by atoms with E-state index in [4.69, 9.17) is 4.74 Å². The van der Waals surface area contributed by atoms with Gasteiger partial charge in [0.05, 0.1) is 25.4 Å². The largest absolute Gasteiger partial charge is 0.466 e. The minimum atomic E-state index is -0.857. The van der Waals surface area contributed by atoms with Gasteiger partial charge in [-0.2, -0.15) is 0 Å². The molecule has 372 valence electrons. The Bertz CT molecular complexity index is 1130. The standard InChI is InChI=1S/C58H105NO5/c1-3-5-7-9-11-13-15-17-19-23-26-30-34-38-42-46-50-56(61)55(54-60)59-57(62)51-47-43-39-35-31-27-24-21-20-22-25-29-33-37-41-45-49-53-64-58(63)52-48-44-40-36-32-28-18-16-14-12-10-8-6-4-2/h10,12,16,18,20,22,29,33,46,50,55-56,60-61H,3-9,11,13-15,17,19,21,23-28,30-32,34-45,47-49,51-54H2,1-2H3,(H,59,62)/b12-10-,18-16-,22-20-,33-29-,50-46+. The number of hydrogen-bond acceptors (Lipinski definition) is 5. The monoisotopic (exact) mass is 896 g/mol. The topological polar surface area (TPSA) is 95.9 Å². The maximum atomic E-state index is 12.4. The van der Waals surface area contributed by atoms with E-state index in [2.05, 4.69) is 67.8 Å². The van der Waals surface area contributed by atoms with E-state index in [1.54, 1.807) is 6.08 Å². The van der Waals surface area contributed by atoms with Crippen LogP contribution >= 0.6 is 0 Å². The number of rotatable bonds is 50. The zero-order chi connectivity index (χ0) is 46.5. The highest BCUT2D eigenvalue weighted by Gasteiger charge is 2.18. The molecule has 0 aromatic heterocycles. The molecule has 2 unspecified atom stereocenters. The molecule has 64 heavy (non-hydrogen) atoms. The molecule has 6 heteroatoms. The van der Waals surface area contributed by atoms with E-state index in [-0.39, 0.29) is 18.5 Å². The van der Waals surface area contributed by atoms with Crippen molar-refractivity contribution in [2.45, 2.75) is 283 Å². The van der Waals surface area contributed by atoms with Crippen molar-refractivity contribution >= 4 is 11.9 Å². The first-order valence-corrected chi connectivity index (χ1v) is 27.6. The van der Waals surface area contributed by atoms with E-state index in [0.29, 0.717) is 19.4 Å². The van der Waals surface area contributed by atoms with Crippen LogP contribution in [-0.4, -0.2) is 47.4 Å². The van der Waals surface area contributed by atoms with Gasteiger partial charge in [-0.15, -0.1) is 0 Å². The van der Waals surface area contributed by atoms with Gasteiger partial charge in [0.25, 0.3) is 0 Å². The van der Waals surface area contributed by atoms with Gasteiger partial charge in [-0.3, -0.25) is 9.59 Å². The summed E-state index contributed by atoms with van der Waals surface area (Å²) in [4.78, 5) is 24.5. The van der Waals surface area contributed by atoms with Crippen molar-refractivity contribution in [3.05, 3.63) is 60.8 Å². The fourth-order valence-electron chi connectivity index (χ4n) is 7.97. The molecular weight excluding hydrogens is 791 g/mol. The van der Waals surface area contributed by atoms with Crippen molar-refractivity contribution in [3.63, 3.8) is 0 Å². The number of carbonyl (C=O) groups excluding carboxylic acids is 2. The Morgan fingerprint density at radius 2 is 0.797 bits per heavy atom. The molecule has 0 bridgehead atoms. The molecule has 0 aromatic carbocycles. The Balaban J connectivity index is 3.55. The summed E-state index contributed by atoms with van der Waals surface area (Å²) in [5.74, 6) is -0.117. The summed E-state index contributed by atoms with van der Waals surface area (Å²) < 4.78 is 5.44. The van der Waals surface area contributed by atoms with Gasteiger partial charge in [-0.25, -0.2) is 0 Å². The molecule has 0 aliphatic rings. The Hall–Kier alpha value is -2.44. The minimum Gasteiger partial charge on any atom is -0.466 e. The SMILES string of the molecule is CCCC/C=C\C/C=C\CCCCCCCC(=O)OCCCCC/C=C\C/C=C\CCCCCCCCCC(=O)NC(CO)C(O)/C=C/CCCCCCCCCCCCCCCC. The normalized spacial score (nSPS) is 13.1. The number of amides is 1. The van der Waals surface area contributed by atoms with Crippen molar-refractivity contribution in [2.75, 3.05) is 13.2 Å². The predicted octanol–water partition coefficient (Wildman–Crippen LogP) is 16.8. The molecule has 0 rings (SSSR count). The highest BCUT2D eigenvalue weighted by molar-refractivity contribution is 5.76. The van der Waals surface area contributed by atoms with Gasteiger partial charge in [0, 0.05) is 12.8 Å². The summed E-state index contributed by atoms with van der Waals surface area (Å²) in [5.41, 5.74) is 0. The van der Waals surface area contributed by atoms with E-state index in [1.165, 1.54) is 148 Å². The molecule has 0 aliphatic carbocycles. The molecule has 0 fully saturated rings. The van der Waals surface area contributed by atoms with Crippen molar-refractivity contribution in [1.29, 1.82) is 0 Å². The van der Waals surface area contributed by atoms with Gasteiger partial charge in [-0.05, 0) is 96.3 Å². The second-order valence-electron chi connectivity index (χ2n) is 18.5. The van der Waals surface area contributed by atoms with Crippen LogP contribution in [-0.2, 0) is 14.3 Å². The first kappa shape index (κ1) is 61.6. The molecule has 0 spiro atoms. The summed E-state index contributed by atoms with van der Waals surface area (Å²) in [7, 11) is 0. The molecule has 3 N–H and O–H groups in total. The van der Waals surface area contributed by atoms with Crippen molar-refractivity contribution in [2.24, 2.45) is 0 Å². The van der Waals surface area contributed by atoms with Gasteiger partial charge in [0.2, 0.25) is 5.91 Å². The van der Waals surface area contributed by atoms with Crippen LogP contribution in [0.4, 0.5) is 0 Å². The summed E-state index contributed by atoms with van der Waals surface area (Å²) in [5, 5.41) is 23.1. The lowest BCUT2D eigenvalue weighted by molar-refractivity contribution is -0.143. The lowest BCUT2D eigenvalue weighted by Gasteiger charge is -2.20. The van der Waals surface area contributed by atoms with Crippen LogP contribution in [0.3, 0.4) is 0 Å². The van der Waals surface area contributed by atoms with E-state index in [1.807, 2.05) is 6.08 Å². The first-order valence-electron chi connectivity index (χ1n) is 27.6. The van der Waals surface area contributed by atoms with E-state index in [9.17, 15) is 19.8 Å². The third-order valence-electron chi connectivity index (χ3n) is 12.3. The third kappa shape index (κ3) is 49.0. The number of nitrogens with one attached hydrogen (secondary N) is 1. The molecule has 0 radical (unpaired) electrons. The summed E-state index contributed by atoms with van der Waals surface area (Å²) in [6, 6.07) is -0.642. The van der Waals surface area contributed by atoms with Crippen LogP contribution < -0.4 is 5.32 Å².